The predicted molar refractivity (Wildman–Crippen MR) is 125 cm³/mol. The lowest BCUT2D eigenvalue weighted by Crippen LogP contribution is -2.32. The monoisotopic (exact) mass is 446 g/mol. The summed E-state index contributed by atoms with van der Waals surface area (Å²) in [6.45, 7) is 8.22. The average molecular weight is 447 g/mol. The molecule has 0 unspecified atom stereocenters. The number of carbonyl (C=O) groups is 2. The number of rotatable bonds is 7. The highest BCUT2D eigenvalue weighted by atomic mass is 16.5. The maximum atomic E-state index is 13.9. The molecular weight excluding hydrogens is 420 g/mol. The van der Waals surface area contributed by atoms with Gasteiger partial charge in [-0.1, -0.05) is 12.1 Å². The zero-order chi connectivity index (χ0) is 23.5. The zero-order valence-corrected chi connectivity index (χ0v) is 19.1. The summed E-state index contributed by atoms with van der Waals surface area (Å²) in [5, 5.41) is 5.10. The Balaban J connectivity index is 1.88. The molecule has 0 N–H and O–H groups in total. The molecule has 1 aromatic carbocycles. The molecule has 3 heterocycles. The van der Waals surface area contributed by atoms with E-state index in [9.17, 15) is 9.59 Å². The SMILES string of the molecule is CCOC(=O)c1ccccc1N(CC)C(=O)c1cc(-c2ccco2)nc2c1cnn2C(C)C. The van der Waals surface area contributed by atoms with E-state index in [1.165, 1.54) is 0 Å². The average Bonchev–Trinajstić information content (AvgIpc) is 3.49. The number of carbonyl (C=O) groups excluding carboxylic acids is 2. The van der Waals surface area contributed by atoms with Gasteiger partial charge in [-0.05, 0) is 58.0 Å². The minimum absolute atomic E-state index is 0.0524. The highest BCUT2D eigenvalue weighted by Crippen LogP contribution is 2.30. The van der Waals surface area contributed by atoms with Gasteiger partial charge in [0.05, 0.1) is 41.3 Å². The largest absolute Gasteiger partial charge is 0.463 e. The number of amides is 1. The standard InChI is InChI=1S/C25H26N4O4/c1-5-28(21-11-8-7-10-17(21)25(31)32-6-2)24(30)18-14-20(22-12-9-13-33-22)27-23-19(18)15-26-29(23)16(3)4/h7-16H,5-6H2,1-4H3. The first-order valence-corrected chi connectivity index (χ1v) is 11.0. The van der Waals surface area contributed by atoms with E-state index in [4.69, 9.17) is 14.1 Å². The van der Waals surface area contributed by atoms with Crippen molar-refractivity contribution in [3.05, 3.63) is 66.1 Å². The van der Waals surface area contributed by atoms with Crippen LogP contribution in [-0.4, -0.2) is 39.8 Å². The van der Waals surface area contributed by atoms with Gasteiger partial charge in [0.15, 0.2) is 11.4 Å². The number of ether oxygens (including phenoxy) is 1. The molecule has 0 bridgehead atoms. The van der Waals surface area contributed by atoms with E-state index in [1.54, 1.807) is 71.4 Å². The summed E-state index contributed by atoms with van der Waals surface area (Å²) in [4.78, 5) is 32.8. The molecule has 0 atom stereocenters. The number of hydrogen-bond acceptors (Lipinski definition) is 6. The number of benzene rings is 1. The summed E-state index contributed by atoms with van der Waals surface area (Å²) in [5.74, 6) is -0.182. The Labute approximate surface area is 191 Å². The van der Waals surface area contributed by atoms with Crippen molar-refractivity contribution < 1.29 is 18.7 Å². The van der Waals surface area contributed by atoms with Crippen molar-refractivity contribution in [3.63, 3.8) is 0 Å². The summed E-state index contributed by atoms with van der Waals surface area (Å²) >= 11 is 0. The molecule has 170 valence electrons. The van der Waals surface area contributed by atoms with Crippen LogP contribution in [0.25, 0.3) is 22.5 Å². The van der Waals surface area contributed by atoms with Crippen molar-refractivity contribution in [2.24, 2.45) is 0 Å². The predicted octanol–water partition coefficient (Wildman–Crippen LogP) is 5.12. The normalized spacial score (nSPS) is 11.2. The number of aromatic nitrogens is 3. The van der Waals surface area contributed by atoms with Crippen LogP contribution in [0.1, 0.15) is 54.5 Å². The molecule has 0 aliphatic rings. The van der Waals surface area contributed by atoms with E-state index in [0.29, 0.717) is 45.8 Å². The van der Waals surface area contributed by atoms with Gasteiger partial charge in [0.25, 0.3) is 5.91 Å². The van der Waals surface area contributed by atoms with Gasteiger partial charge in [-0.3, -0.25) is 4.79 Å². The first kappa shape index (κ1) is 22.3. The van der Waals surface area contributed by atoms with Crippen LogP contribution in [0.4, 0.5) is 5.69 Å². The quantitative estimate of drug-likeness (QED) is 0.366. The van der Waals surface area contributed by atoms with E-state index in [0.717, 1.165) is 0 Å². The maximum absolute atomic E-state index is 13.9. The van der Waals surface area contributed by atoms with Gasteiger partial charge in [0, 0.05) is 12.6 Å². The minimum atomic E-state index is -0.469. The molecule has 0 radical (unpaired) electrons. The van der Waals surface area contributed by atoms with Crippen molar-refractivity contribution in [2.75, 3.05) is 18.1 Å². The fourth-order valence-corrected chi connectivity index (χ4v) is 3.78. The van der Waals surface area contributed by atoms with Crippen molar-refractivity contribution >= 4 is 28.6 Å². The highest BCUT2D eigenvalue weighted by Gasteiger charge is 2.26. The number of para-hydroxylation sites is 1. The van der Waals surface area contributed by atoms with Gasteiger partial charge < -0.3 is 14.1 Å². The van der Waals surface area contributed by atoms with Crippen molar-refractivity contribution in [1.29, 1.82) is 0 Å². The molecule has 8 heteroatoms. The molecule has 4 aromatic rings. The number of anilines is 1. The van der Waals surface area contributed by atoms with Gasteiger partial charge in [-0.2, -0.15) is 5.10 Å². The molecule has 0 fully saturated rings. The Morgan fingerprint density at radius 1 is 1.12 bits per heavy atom. The lowest BCUT2D eigenvalue weighted by atomic mass is 10.1. The molecule has 0 saturated carbocycles. The van der Waals surface area contributed by atoms with E-state index >= 15 is 0 Å². The smallest absolute Gasteiger partial charge is 0.340 e. The third kappa shape index (κ3) is 4.11. The molecule has 3 aromatic heterocycles. The Bertz CT molecular complexity index is 1290. The van der Waals surface area contributed by atoms with Crippen LogP contribution in [0.15, 0.2) is 59.3 Å². The molecule has 1 amide bonds. The number of pyridine rings is 1. The molecule has 0 spiro atoms. The van der Waals surface area contributed by atoms with Gasteiger partial charge in [-0.25, -0.2) is 14.5 Å². The van der Waals surface area contributed by atoms with Crippen molar-refractivity contribution in [2.45, 2.75) is 33.7 Å². The molecular formula is C25H26N4O4. The summed E-state index contributed by atoms with van der Waals surface area (Å²) in [6, 6.07) is 12.3. The Morgan fingerprint density at radius 2 is 1.91 bits per heavy atom. The Morgan fingerprint density at radius 3 is 2.58 bits per heavy atom. The number of hydrogen-bond donors (Lipinski definition) is 0. The number of furan rings is 1. The third-order valence-corrected chi connectivity index (χ3v) is 5.31. The van der Waals surface area contributed by atoms with Crippen LogP contribution in [0.3, 0.4) is 0 Å². The number of esters is 1. The first-order chi connectivity index (χ1) is 16.0. The minimum Gasteiger partial charge on any atom is -0.463 e. The second-order valence-electron chi connectivity index (χ2n) is 7.74. The fourth-order valence-electron chi connectivity index (χ4n) is 3.78. The van der Waals surface area contributed by atoms with Gasteiger partial charge >= 0.3 is 5.97 Å². The second-order valence-corrected chi connectivity index (χ2v) is 7.74. The molecule has 0 aliphatic heterocycles. The van der Waals surface area contributed by atoms with Crippen LogP contribution >= 0.6 is 0 Å². The molecule has 33 heavy (non-hydrogen) atoms. The fraction of sp³-hybridized carbons (Fsp3) is 0.280. The van der Waals surface area contributed by atoms with E-state index in [2.05, 4.69) is 5.10 Å². The Kier molecular flexibility index (Phi) is 6.26. The summed E-state index contributed by atoms with van der Waals surface area (Å²) in [7, 11) is 0. The zero-order valence-electron chi connectivity index (χ0n) is 19.1. The van der Waals surface area contributed by atoms with Crippen LogP contribution in [0, 0.1) is 0 Å². The second kappa shape index (κ2) is 9.28. The van der Waals surface area contributed by atoms with Crippen LogP contribution in [-0.2, 0) is 4.74 Å². The molecule has 4 rings (SSSR count). The molecule has 0 aliphatic carbocycles. The van der Waals surface area contributed by atoms with Gasteiger partial charge in [-0.15, -0.1) is 0 Å². The maximum Gasteiger partial charge on any atom is 0.340 e. The number of nitrogens with zero attached hydrogens (tertiary/aromatic N) is 4. The van der Waals surface area contributed by atoms with E-state index in [-0.39, 0.29) is 18.6 Å². The Hall–Kier alpha value is -3.94. The van der Waals surface area contributed by atoms with Crippen LogP contribution in [0.5, 0.6) is 0 Å². The topological polar surface area (TPSA) is 90.5 Å². The molecule has 8 nitrogen and oxygen atoms in total. The number of fused-ring (bicyclic) bond motifs is 1. The van der Waals surface area contributed by atoms with Crippen molar-refractivity contribution in [3.8, 4) is 11.5 Å². The lowest BCUT2D eigenvalue weighted by molar-refractivity contribution is 0.0527. The van der Waals surface area contributed by atoms with Crippen LogP contribution < -0.4 is 4.90 Å². The summed E-state index contributed by atoms with van der Waals surface area (Å²) < 4.78 is 12.5. The lowest BCUT2D eigenvalue weighted by Gasteiger charge is -2.24. The van der Waals surface area contributed by atoms with E-state index < -0.39 is 5.97 Å². The first-order valence-electron chi connectivity index (χ1n) is 11.0. The summed E-state index contributed by atoms with van der Waals surface area (Å²) in [5.41, 5.74) is 2.39. The van der Waals surface area contributed by atoms with Gasteiger partial charge in [0.1, 0.15) is 5.69 Å². The third-order valence-electron chi connectivity index (χ3n) is 5.31. The van der Waals surface area contributed by atoms with Crippen LogP contribution in [0.2, 0.25) is 0 Å². The van der Waals surface area contributed by atoms with E-state index in [1.807, 2.05) is 20.8 Å². The molecule has 0 saturated heterocycles. The highest BCUT2D eigenvalue weighted by molar-refractivity contribution is 6.15. The van der Waals surface area contributed by atoms with Crippen molar-refractivity contribution in [1.82, 2.24) is 14.8 Å². The van der Waals surface area contributed by atoms with Gasteiger partial charge in [0.2, 0.25) is 0 Å². The summed E-state index contributed by atoms with van der Waals surface area (Å²) in [6.07, 6.45) is 3.23.